The van der Waals surface area contributed by atoms with Crippen LogP contribution >= 0.6 is 0 Å². The molecule has 0 saturated carbocycles. The van der Waals surface area contributed by atoms with Crippen LogP contribution in [0.3, 0.4) is 0 Å². The largest absolute Gasteiger partial charge is 0.480 e. The molecule has 1 fully saturated rings. The Balaban J connectivity index is 2.35. The molecule has 0 aliphatic carbocycles. The van der Waals surface area contributed by atoms with E-state index in [0.717, 1.165) is 19.4 Å². The van der Waals surface area contributed by atoms with E-state index in [0.29, 0.717) is 0 Å². The third kappa shape index (κ3) is 0.980. The topological polar surface area (TPSA) is 49.3 Å². The Morgan fingerprint density at radius 3 is 2.75 bits per heavy atom. The predicted octanol–water partition coefficient (Wildman–Crippen LogP) is -0.177. The summed E-state index contributed by atoms with van der Waals surface area (Å²) in [7, 11) is 0. The Bertz CT molecular complexity index is 96.6. The number of carboxylic acid groups (broad SMARTS) is 1. The van der Waals surface area contributed by atoms with Gasteiger partial charge in [-0.2, -0.15) is 0 Å². The summed E-state index contributed by atoms with van der Waals surface area (Å²) in [4.78, 5) is 10.1. The van der Waals surface area contributed by atoms with E-state index >= 15 is 0 Å². The number of carboxylic acids is 1. The monoisotopic (exact) mass is 116 g/mol. The molecule has 3 nitrogen and oxygen atoms in total. The van der Waals surface area contributed by atoms with Crippen LogP contribution in [0.1, 0.15) is 12.8 Å². The summed E-state index contributed by atoms with van der Waals surface area (Å²) < 4.78 is 0. The minimum absolute atomic E-state index is 0.269. The van der Waals surface area contributed by atoms with E-state index in [1.54, 1.807) is 0 Å². The molecule has 0 aromatic rings. The summed E-state index contributed by atoms with van der Waals surface area (Å²) in [6.07, 6.45) is 1.78. The van der Waals surface area contributed by atoms with Gasteiger partial charge in [0, 0.05) is 0 Å². The zero-order valence-electron chi connectivity index (χ0n) is 4.55. The van der Waals surface area contributed by atoms with Crippen LogP contribution in [0.4, 0.5) is 0 Å². The van der Waals surface area contributed by atoms with Crippen LogP contribution in [0.2, 0.25) is 0 Å². The van der Waals surface area contributed by atoms with Gasteiger partial charge in [0.25, 0.3) is 0 Å². The number of rotatable bonds is 1. The van der Waals surface area contributed by atoms with Crippen molar-refractivity contribution in [1.82, 2.24) is 5.32 Å². The van der Waals surface area contributed by atoms with Crippen LogP contribution in [-0.2, 0) is 4.79 Å². The number of aliphatic carboxylic acids is 1. The van der Waals surface area contributed by atoms with E-state index in [-0.39, 0.29) is 6.04 Å². The first-order valence-electron chi connectivity index (χ1n) is 2.77. The second-order valence-electron chi connectivity index (χ2n) is 1.99. The van der Waals surface area contributed by atoms with Crippen molar-refractivity contribution in [1.29, 1.82) is 0 Å². The predicted molar refractivity (Wildman–Crippen MR) is 28.7 cm³/mol. The van der Waals surface area contributed by atoms with Crippen molar-refractivity contribution in [3.05, 3.63) is 0 Å². The van der Waals surface area contributed by atoms with Crippen LogP contribution in [0, 0.1) is 0 Å². The minimum Gasteiger partial charge on any atom is -0.480 e. The maximum absolute atomic E-state index is 10.1. The summed E-state index contributed by atoms with van der Waals surface area (Å²) in [6, 6.07) is -0.269. The average molecular weight is 116 g/mol. The zero-order valence-corrected chi connectivity index (χ0v) is 4.55. The van der Waals surface area contributed by atoms with Crippen molar-refractivity contribution in [2.45, 2.75) is 18.9 Å². The number of nitrogens with one attached hydrogen (secondary N) is 1. The van der Waals surface area contributed by atoms with Gasteiger partial charge in [-0.15, -0.1) is 0 Å². The van der Waals surface area contributed by atoms with Gasteiger partial charge in [-0.25, -0.2) is 0 Å². The summed E-state index contributed by atoms with van der Waals surface area (Å²) >= 11 is 0. The van der Waals surface area contributed by atoms with Crippen molar-refractivity contribution in [3.63, 3.8) is 0 Å². The van der Waals surface area contributed by atoms with Crippen LogP contribution in [0.25, 0.3) is 0 Å². The number of hydrogen-bond donors (Lipinski definition) is 2. The fourth-order valence-corrected chi connectivity index (χ4v) is 0.895. The molecule has 3 heteroatoms. The van der Waals surface area contributed by atoms with E-state index in [1.165, 1.54) is 0 Å². The van der Waals surface area contributed by atoms with Gasteiger partial charge < -0.3 is 10.4 Å². The van der Waals surface area contributed by atoms with Crippen molar-refractivity contribution in [2.75, 3.05) is 6.54 Å². The summed E-state index contributed by atoms with van der Waals surface area (Å²) in [5, 5.41) is 11.2. The van der Waals surface area contributed by atoms with Crippen LogP contribution in [-0.4, -0.2) is 23.7 Å². The smallest absolute Gasteiger partial charge is 0.320 e. The van der Waals surface area contributed by atoms with Crippen molar-refractivity contribution in [3.8, 4) is 0 Å². The molecule has 0 radical (unpaired) electrons. The van der Waals surface area contributed by atoms with Crippen molar-refractivity contribution >= 4 is 5.97 Å². The first kappa shape index (κ1) is 5.56. The first-order chi connectivity index (χ1) is 3.80. The molecule has 0 bridgehead atoms. The molecule has 1 aliphatic rings. The molecule has 1 saturated heterocycles. The van der Waals surface area contributed by atoms with Gasteiger partial charge in [0.05, 0.1) is 0 Å². The highest BCUT2D eigenvalue weighted by atomic mass is 16.4. The average Bonchev–Trinajstić information content (AvgIpc) is 2.12. The summed E-state index contributed by atoms with van der Waals surface area (Å²) in [6.45, 7) is 0.858. The van der Waals surface area contributed by atoms with Gasteiger partial charge in [-0.1, -0.05) is 0 Å². The third-order valence-corrected chi connectivity index (χ3v) is 1.36. The highest BCUT2D eigenvalue weighted by Crippen LogP contribution is 2.03. The molecular weight excluding hydrogens is 107 g/mol. The van der Waals surface area contributed by atoms with Gasteiger partial charge in [-0.05, 0) is 19.4 Å². The number of carbonyl (C=O) groups is 1. The molecule has 1 atom stereocenters. The van der Waals surface area contributed by atoms with E-state index in [4.69, 9.17) is 5.11 Å². The van der Waals surface area contributed by atoms with Gasteiger partial charge in [0.15, 0.2) is 0 Å². The maximum Gasteiger partial charge on any atom is 0.320 e. The van der Waals surface area contributed by atoms with Crippen LogP contribution in [0.5, 0.6) is 0 Å². The van der Waals surface area contributed by atoms with Crippen LogP contribution < -0.4 is 5.32 Å². The maximum atomic E-state index is 10.1. The van der Waals surface area contributed by atoms with Gasteiger partial charge in [0.1, 0.15) is 6.04 Å². The summed E-state index contributed by atoms with van der Waals surface area (Å²) in [5.74, 6) is -0.720. The van der Waals surface area contributed by atoms with Crippen molar-refractivity contribution < 1.29 is 9.90 Å². The Hall–Kier alpha value is -0.570. The molecule has 0 aromatic carbocycles. The van der Waals surface area contributed by atoms with Gasteiger partial charge >= 0.3 is 5.97 Å². The lowest BCUT2D eigenvalue weighted by molar-refractivity contribution is -0.139. The quantitative estimate of drug-likeness (QED) is 0.467. The van der Waals surface area contributed by atoms with Crippen molar-refractivity contribution in [2.24, 2.45) is 0 Å². The molecule has 46 valence electrons. The molecule has 0 spiro atoms. The molecule has 2 N–H and O–H groups in total. The normalized spacial score (nSPS) is 28.2. The molecule has 1 unspecified atom stereocenters. The molecule has 1 rings (SSSR count). The first-order valence-corrected chi connectivity index (χ1v) is 2.77. The van der Waals surface area contributed by atoms with E-state index < -0.39 is 5.97 Å². The van der Waals surface area contributed by atoms with Crippen LogP contribution in [0.15, 0.2) is 0 Å². The second-order valence-corrected chi connectivity index (χ2v) is 1.99. The molecule has 1 aliphatic heterocycles. The van der Waals surface area contributed by atoms with Gasteiger partial charge in [-0.3, -0.25) is 4.79 Å². The Kier molecular flexibility index (Phi) is 1.48. The lowest BCUT2D eigenvalue weighted by Crippen LogP contribution is -2.29. The fraction of sp³-hybridized carbons (Fsp3) is 0.800. The molecule has 0 amide bonds. The van der Waals surface area contributed by atoms with E-state index in [1.807, 2.05) is 0 Å². The molecule has 8 heavy (non-hydrogen) atoms. The molecule has 0 aromatic heterocycles. The standard InChI is InChI=1S/C5H9NO2/c7-5(8)4-2-1-3-6-4/h4,6H,1-3H2,(H,7,8)/i4+1. The van der Waals surface area contributed by atoms with E-state index in [2.05, 4.69) is 5.32 Å². The highest BCUT2D eigenvalue weighted by Gasteiger charge is 2.20. The summed E-state index contributed by atoms with van der Waals surface area (Å²) in [5.41, 5.74) is 0. The fourth-order valence-electron chi connectivity index (χ4n) is 0.895. The second kappa shape index (κ2) is 2.13. The minimum atomic E-state index is -0.720. The zero-order chi connectivity index (χ0) is 5.98. The molecular formula is C5H9NO2. The number of hydrogen-bond acceptors (Lipinski definition) is 2. The van der Waals surface area contributed by atoms with E-state index in [9.17, 15) is 4.79 Å². The Labute approximate surface area is 47.7 Å². The third-order valence-electron chi connectivity index (χ3n) is 1.36. The van der Waals surface area contributed by atoms with Gasteiger partial charge in [0.2, 0.25) is 0 Å². The molecule has 1 heterocycles. The Morgan fingerprint density at radius 1 is 1.75 bits per heavy atom. The Morgan fingerprint density at radius 2 is 2.50 bits per heavy atom. The lowest BCUT2D eigenvalue weighted by atomic mass is 10.4. The SMILES string of the molecule is O=C(O)[13CH]1CCCN1. The lowest BCUT2D eigenvalue weighted by Gasteiger charge is -1.99. The highest BCUT2D eigenvalue weighted by molar-refractivity contribution is 5.73.